The van der Waals surface area contributed by atoms with Crippen molar-refractivity contribution in [1.29, 1.82) is 0 Å². The largest absolute Gasteiger partial charge is 0.417 e. The minimum absolute atomic E-state index is 0.0421. The smallest absolute Gasteiger partial charge is 0.379 e. The van der Waals surface area contributed by atoms with Crippen LogP contribution < -0.4 is 5.32 Å². The SMILES string of the molecule is FC(F)(F)c1cc(NCc2ccc[nH]2)ccc1Br. The van der Waals surface area contributed by atoms with Crippen molar-refractivity contribution in [2.45, 2.75) is 12.7 Å². The van der Waals surface area contributed by atoms with E-state index in [2.05, 4.69) is 26.2 Å². The van der Waals surface area contributed by atoms with Crippen LogP contribution in [0.4, 0.5) is 18.9 Å². The zero-order valence-electron chi connectivity index (χ0n) is 9.18. The van der Waals surface area contributed by atoms with Crippen LogP contribution in [0.1, 0.15) is 11.3 Å². The second-order valence-electron chi connectivity index (χ2n) is 3.74. The third kappa shape index (κ3) is 3.07. The van der Waals surface area contributed by atoms with Gasteiger partial charge in [0, 0.05) is 22.1 Å². The zero-order chi connectivity index (χ0) is 13.2. The molecule has 96 valence electrons. The number of aromatic amines is 1. The summed E-state index contributed by atoms with van der Waals surface area (Å²) in [7, 11) is 0. The Morgan fingerprint density at radius 2 is 2.00 bits per heavy atom. The van der Waals surface area contributed by atoms with Crippen molar-refractivity contribution in [2.24, 2.45) is 0 Å². The van der Waals surface area contributed by atoms with E-state index in [1.165, 1.54) is 6.07 Å². The van der Waals surface area contributed by atoms with Crippen LogP contribution in [0.3, 0.4) is 0 Å². The Kier molecular flexibility index (Phi) is 3.65. The molecule has 1 heterocycles. The molecule has 0 spiro atoms. The lowest BCUT2D eigenvalue weighted by atomic mass is 10.2. The van der Waals surface area contributed by atoms with Gasteiger partial charge in [0.1, 0.15) is 0 Å². The van der Waals surface area contributed by atoms with Crippen LogP contribution in [0.2, 0.25) is 0 Å². The molecule has 0 amide bonds. The van der Waals surface area contributed by atoms with Gasteiger partial charge in [-0.2, -0.15) is 13.2 Å². The lowest BCUT2D eigenvalue weighted by molar-refractivity contribution is -0.138. The van der Waals surface area contributed by atoms with Crippen molar-refractivity contribution in [3.8, 4) is 0 Å². The van der Waals surface area contributed by atoms with E-state index >= 15 is 0 Å². The molecule has 0 atom stereocenters. The van der Waals surface area contributed by atoms with Crippen molar-refractivity contribution in [1.82, 2.24) is 4.98 Å². The number of rotatable bonds is 3. The fourth-order valence-corrected chi connectivity index (χ4v) is 2.00. The molecule has 2 rings (SSSR count). The predicted octanol–water partition coefficient (Wildman–Crippen LogP) is 4.41. The Bertz CT molecular complexity index is 521. The molecule has 2 N–H and O–H groups in total. The molecule has 0 fully saturated rings. The quantitative estimate of drug-likeness (QED) is 0.862. The van der Waals surface area contributed by atoms with E-state index in [0.29, 0.717) is 12.2 Å². The number of benzene rings is 1. The summed E-state index contributed by atoms with van der Waals surface area (Å²) in [4.78, 5) is 2.97. The van der Waals surface area contributed by atoms with Crippen molar-refractivity contribution >= 4 is 21.6 Å². The molecule has 6 heteroatoms. The van der Waals surface area contributed by atoms with Crippen LogP contribution in [0.5, 0.6) is 0 Å². The molecule has 0 saturated heterocycles. The number of hydrogen-bond acceptors (Lipinski definition) is 1. The van der Waals surface area contributed by atoms with E-state index in [9.17, 15) is 13.2 Å². The molecule has 1 aromatic heterocycles. The maximum absolute atomic E-state index is 12.7. The Labute approximate surface area is 110 Å². The fraction of sp³-hybridized carbons (Fsp3) is 0.167. The summed E-state index contributed by atoms with van der Waals surface area (Å²) in [5, 5.41) is 2.93. The minimum atomic E-state index is -4.36. The summed E-state index contributed by atoms with van der Waals surface area (Å²) >= 11 is 2.90. The average Bonchev–Trinajstić information content (AvgIpc) is 2.79. The van der Waals surface area contributed by atoms with Gasteiger partial charge in [-0.1, -0.05) is 15.9 Å². The number of nitrogens with one attached hydrogen (secondary N) is 2. The summed E-state index contributed by atoms with van der Waals surface area (Å²) in [6.07, 6.45) is -2.59. The van der Waals surface area contributed by atoms with Gasteiger partial charge in [-0.25, -0.2) is 0 Å². The van der Waals surface area contributed by atoms with Gasteiger partial charge in [0.15, 0.2) is 0 Å². The van der Waals surface area contributed by atoms with Crippen molar-refractivity contribution in [3.05, 3.63) is 52.3 Å². The Morgan fingerprint density at radius 1 is 1.22 bits per heavy atom. The number of anilines is 1. The molecule has 0 aliphatic heterocycles. The Morgan fingerprint density at radius 3 is 2.61 bits per heavy atom. The third-order valence-electron chi connectivity index (χ3n) is 2.42. The molecule has 18 heavy (non-hydrogen) atoms. The molecule has 0 unspecified atom stereocenters. The van der Waals surface area contributed by atoms with E-state index < -0.39 is 11.7 Å². The van der Waals surface area contributed by atoms with Crippen molar-refractivity contribution in [3.63, 3.8) is 0 Å². The predicted molar refractivity (Wildman–Crippen MR) is 67.3 cm³/mol. The first-order chi connectivity index (χ1) is 8.47. The summed E-state index contributed by atoms with van der Waals surface area (Å²) < 4.78 is 38.1. The molecule has 2 aromatic rings. The van der Waals surface area contributed by atoms with Crippen LogP contribution in [0.15, 0.2) is 41.0 Å². The van der Waals surface area contributed by atoms with E-state index in [0.717, 1.165) is 11.8 Å². The van der Waals surface area contributed by atoms with Gasteiger partial charge in [0.2, 0.25) is 0 Å². The van der Waals surface area contributed by atoms with E-state index in [-0.39, 0.29) is 4.47 Å². The first-order valence-corrected chi connectivity index (χ1v) is 5.99. The second-order valence-corrected chi connectivity index (χ2v) is 4.60. The molecular weight excluding hydrogens is 309 g/mol. The number of halogens is 4. The van der Waals surface area contributed by atoms with E-state index in [1.807, 2.05) is 12.1 Å². The van der Waals surface area contributed by atoms with Crippen LogP contribution in [0.25, 0.3) is 0 Å². The maximum atomic E-state index is 12.7. The van der Waals surface area contributed by atoms with Crippen LogP contribution in [0, 0.1) is 0 Å². The number of alkyl halides is 3. The lowest BCUT2D eigenvalue weighted by Crippen LogP contribution is -2.07. The molecule has 0 aliphatic carbocycles. The van der Waals surface area contributed by atoms with E-state index in [1.54, 1.807) is 12.3 Å². The third-order valence-corrected chi connectivity index (χ3v) is 3.11. The molecule has 2 nitrogen and oxygen atoms in total. The highest BCUT2D eigenvalue weighted by Gasteiger charge is 2.33. The molecule has 0 bridgehead atoms. The fourth-order valence-electron chi connectivity index (χ4n) is 1.53. The summed E-state index contributed by atoms with van der Waals surface area (Å²) in [6, 6.07) is 7.77. The van der Waals surface area contributed by atoms with Gasteiger partial charge >= 0.3 is 6.18 Å². The first kappa shape index (κ1) is 13.0. The van der Waals surface area contributed by atoms with Gasteiger partial charge in [-0.05, 0) is 30.3 Å². The monoisotopic (exact) mass is 318 g/mol. The minimum Gasteiger partial charge on any atom is -0.379 e. The summed E-state index contributed by atoms with van der Waals surface area (Å²) in [5.41, 5.74) is 0.658. The van der Waals surface area contributed by atoms with Crippen molar-refractivity contribution in [2.75, 3.05) is 5.32 Å². The number of H-pyrrole nitrogens is 1. The highest BCUT2D eigenvalue weighted by molar-refractivity contribution is 9.10. The Hall–Kier alpha value is -1.43. The lowest BCUT2D eigenvalue weighted by Gasteiger charge is -2.12. The first-order valence-electron chi connectivity index (χ1n) is 5.20. The molecule has 0 radical (unpaired) electrons. The van der Waals surface area contributed by atoms with Crippen LogP contribution in [-0.4, -0.2) is 4.98 Å². The van der Waals surface area contributed by atoms with Gasteiger partial charge in [0.25, 0.3) is 0 Å². The second kappa shape index (κ2) is 5.06. The molecule has 1 aromatic carbocycles. The van der Waals surface area contributed by atoms with Gasteiger partial charge in [-0.15, -0.1) is 0 Å². The van der Waals surface area contributed by atoms with Crippen LogP contribution >= 0.6 is 15.9 Å². The maximum Gasteiger partial charge on any atom is 0.417 e. The molecule has 0 saturated carbocycles. The highest BCUT2D eigenvalue weighted by atomic mass is 79.9. The van der Waals surface area contributed by atoms with Crippen molar-refractivity contribution < 1.29 is 13.2 Å². The zero-order valence-corrected chi connectivity index (χ0v) is 10.8. The van der Waals surface area contributed by atoms with Gasteiger partial charge in [0.05, 0.1) is 12.1 Å². The van der Waals surface area contributed by atoms with Gasteiger partial charge in [-0.3, -0.25) is 0 Å². The average molecular weight is 319 g/mol. The summed E-state index contributed by atoms with van der Waals surface area (Å²) in [5.74, 6) is 0. The topological polar surface area (TPSA) is 27.8 Å². The van der Waals surface area contributed by atoms with Crippen LogP contribution in [-0.2, 0) is 12.7 Å². The number of aromatic nitrogens is 1. The normalized spacial score (nSPS) is 11.6. The standard InChI is InChI=1S/C12H10BrF3N2/c13-11-4-3-8(6-10(11)12(14,15)16)18-7-9-2-1-5-17-9/h1-6,17-18H,7H2. The molecule has 0 aliphatic rings. The molecular formula is C12H10BrF3N2. The Balaban J connectivity index is 2.15. The summed E-state index contributed by atoms with van der Waals surface area (Å²) in [6.45, 7) is 0.450. The highest BCUT2D eigenvalue weighted by Crippen LogP contribution is 2.36. The van der Waals surface area contributed by atoms with Gasteiger partial charge < -0.3 is 10.3 Å². The number of hydrogen-bond donors (Lipinski definition) is 2. The van der Waals surface area contributed by atoms with E-state index in [4.69, 9.17) is 0 Å².